The summed E-state index contributed by atoms with van der Waals surface area (Å²) in [6.07, 6.45) is 3.45. The van der Waals surface area contributed by atoms with E-state index in [0.29, 0.717) is 12.0 Å². The number of methoxy groups -OCH3 is 2. The third-order valence-electron chi connectivity index (χ3n) is 4.37. The summed E-state index contributed by atoms with van der Waals surface area (Å²) in [5, 5.41) is 0. The van der Waals surface area contributed by atoms with Gasteiger partial charge < -0.3 is 14.2 Å². The van der Waals surface area contributed by atoms with Crippen molar-refractivity contribution < 1.29 is 32.2 Å². The fraction of sp³-hybridized carbons (Fsp3) is 0.273. The van der Waals surface area contributed by atoms with Gasteiger partial charge >= 0.3 is 11.9 Å². The molecule has 166 valence electrons. The van der Waals surface area contributed by atoms with Crippen LogP contribution in [0.4, 0.5) is 0 Å². The van der Waals surface area contributed by atoms with Gasteiger partial charge in [-0.2, -0.15) is 0 Å². The van der Waals surface area contributed by atoms with E-state index < -0.39 is 22.0 Å². The smallest absolute Gasteiger partial charge is 0.343 e. The van der Waals surface area contributed by atoms with Gasteiger partial charge in [-0.3, -0.25) is 0 Å². The molecule has 0 saturated heterocycles. The molecule has 2 rings (SSSR count). The number of rotatable bonds is 9. The van der Waals surface area contributed by atoms with Crippen molar-refractivity contribution in [3.63, 3.8) is 0 Å². The number of carbonyl (C=O) groups is 2. The topological polar surface area (TPSA) is 108 Å². The molecule has 0 bridgehead atoms. The third-order valence-corrected chi connectivity index (χ3v) is 5.98. The molecule has 0 aliphatic heterocycles. The highest BCUT2D eigenvalue weighted by Gasteiger charge is 2.18. The Morgan fingerprint density at radius 3 is 2.32 bits per heavy atom. The molecule has 0 amide bonds. The normalized spacial score (nSPS) is 12.4. The van der Waals surface area contributed by atoms with Gasteiger partial charge in [0.25, 0.3) is 0 Å². The third kappa shape index (κ3) is 6.66. The van der Waals surface area contributed by atoms with Crippen molar-refractivity contribution in [1.29, 1.82) is 0 Å². The van der Waals surface area contributed by atoms with Crippen molar-refractivity contribution in [1.82, 2.24) is 4.72 Å². The van der Waals surface area contributed by atoms with Crippen molar-refractivity contribution in [2.24, 2.45) is 0 Å². The standard InChI is InChI=1S/C22H25NO7S/c1-5-15(2)23-31(26,27)18-10-8-17(9-11-18)22(25)30-19-12-6-16(14-20(19)28-3)7-13-21(24)29-4/h6-15,23H,5H2,1-4H3/b13-7+. The molecule has 2 aromatic rings. The summed E-state index contributed by atoms with van der Waals surface area (Å²) in [5.41, 5.74) is 0.824. The van der Waals surface area contributed by atoms with Crippen LogP contribution in [0.2, 0.25) is 0 Å². The monoisotopic (exact) mass is 447 g/mol. The Labute approximate surface area is 181 Å². The van der Waals surface area contributed by atoms with Crippen LogP contribution in [-0.2, 0) is 19.6 Å². The molecule has 1 atom stereocenters. The van der Waals surface area contributed by atoms with Crippen LogP contribution in [0.3, 0.4) is 0 Å². The Bertz CT molecular complexity index is 1060. The summed E-state index contributed by atoms with van der Waals surface area (Å²) < 4.78 is 42.4. The fourth-order valence-electron chi connectivity index (χ4n) is 2.45. The summed E-state index contributed by atoms with van der Waals surface area (Å²) in [4.78, 5) is 23.8. The van der Waals surface area contributed by atoms with E-state index in [1.54, 1.807) is 19.1 Å². The number of sulfonamides is 1. The second kappa shape index (κ2) is 10.7. The van der Waals surface area contributed by atoms with E-state index in [1.165, 1.54) is 56.7 Å². The number of hydrogen-bond acceptors (Lipinski definition) is 7. The SMILES string of the molecule is CCC(C)NS(=O)(=O)c1ccc(C(=O)Oc2ccc(/C=C/C(=O)OC)cc2OC)cc1. The van der Waals surface area contributed by atoms with E-state index in [2.05, 4.69) is 9.46 Å². The highest BCUT2D eigenvalue weighted by molar-refractivity contribution is 7.89. The first-order chi connectivity index (χ1) is 14.7. The average Bonchev–Trinajstić information content (AvgIpc) is 2.77. The number of esters is 2. The Hall–Kier alpha value is -3.17. The predicted molar refractivity (Wildman–Crippen MR) is 116 cm³/mol. The maximum atomic E-state index is 12.5. The zero-order valence-electron chi connectivity index (χ0n) is 17.7. The largest absolute Gasteiger partial charge is 0.493 e. The number of hydrogen-bond donors (Lipinski definition) is 1. The first kappa shape index (κ1) is 24.1. The van der Waals surface area contributed by atoms with E-state index in [-0.39, 0.29) is 28.0 Å². The Morgan fingerprint density at radius 1 is 1.06 bits per heavy atom. The average molecular weight is 448 g/mol. The molecular formula is C22H25NO7S. The van der Waals surface area contributed by atoms with Crippen LogP contribution in [0.15, 0.2) is 53.4 Å². The van der Waals surface area contributed by atoms with Crippen molar-refractivity contribution in [2.45, 2.75) is 31.2 Å². The minimum atomic E-state index is -3.66. The van der Waals surface area contributed by atoms with Crippen molar-refractivity contribution >= 4 is 28.0 Å². The van der Waals surface area contributed by atoms with Gasteiger partial charge in [-0.1, -0.05) is 13.0 Å². The van der Waals surface area contributed by atoms with Crippen LogP contribution in [-0.4, -0.2) is 40.6 Å². The molecule has 0 fully saturated rings. The van der Waals surface area contributed by atoms with Gasteiger partial charge in [-0.25, -0.2) is 22.7 Å². The number of ether oxygens (including phenoxy) is 3. The zero-order valence-corrected chi connectivity index (χ0v) is 18.6. The number of benzene rings is 2. The second-order valence-corrected chi connectivity index (χ2v) is 8.33. The molecule has 0 radical (unpaired) electrons. The summed E-state index contributed by atoms with van der Waals surface area (Å²) in [7, 11) is -0.965. The second-order valence-electron chi connectivity index (χ2n) is 6.61. The first-order valence-corrected chi connectivity index (χ1v) is 11.0. The lowest BCUT2D eigenvalue weighted by Crippen LogP contribution is -2.32. The summed E-state index contributed by atoms with van der Waals surface area (Å²) >= 11 is 0. The molecular weight excluding hydrogens is 422 g/mol. The lowest BCUT2D eigenvalue weighted by atomic mass is 10.2. The molecule has 1 N–H and O–H groups in total. The summed E-state index contributed by atoms with van der Waals surface area (Å²) in [6.45, 7) is 3.65. The van der Waals surface area contributed by atoms with E-state index in [0.717, 1.165) is 0 Å². The van der Waals surface area contributed by atoms with Gasteiger partial charge in [0.15, 0.2) is 11.5 Å². The van der Waals surface area contributed by atoms with Crippen molar-refractivity contribution in [3.8, 4) is 11.5 Å². The van der Waals surface area contributed by atoms with E-state index >= 15 is 0 Å². The summed E-state index contributed by atoms with van der Waals surface area (Å²) in [6, 6.07) is 10.0. The minimum Gasteiger partial charge on any atom is -0.493 e. The molecule has 31 heavy (non-hydrogen) atoms. The highest BCUT2D eigenvalue weighted by atomic mass is 32.2. The van der Waals surface area contributed by atoms with Crippen LogP contribution in [0.5, 0.6) is 11.5 Å². The van der Waals surface area contributed by atoms with Crippen LogP contribution < -0.4 is 14.2 Å². The van der Waals surface area contributed by atoms with Gasteiger partial charge in [0.1, 0.15) is 0 Å². The highest BCUT2D eigenvalue weighted by Crippen LogP contribution is 2.29. The molecule has 0 saturated carbocycles. The van der Waals surface area contributed by atoms with Gasteiger partial charge in [-0.15, -0.1) is 0 Å². The zero-order chi connectivity index (χ0) is 23.0. The molecule has 0 spiro atoms. The molecule has 8 nitrogen and oxygen atoms in total. The first-order valence-electron chi connectivity index (χ1n) is 9.48. The molecule has 0 aliphatic rings. The molecule has 1 unspecified atom stereocenters. The van der Waals surface area contributed by atoms with Crippen LogP contribution in [0.25, 0.3) is 6.08 Å². The Kier molecular flexibility index (Phi) is 8.35. The van der Waals surface area contributed by atoms with Gasteiger partial charge in [0, 0.05) is 12.1 Å². The van der Waals surface area contributed by atoms with Crippen LogP contribution in [0, 0.1) is 0 Å². The minimum absolute atomic E-state index is 0.0590. The lowest BCUT2D eigenvalue weighted by Gasteiger charge is -2.13. The van der Waals surface area contributed by atoms with E-state index in [9.17, 15) is 18.0 Å². The maximum absolute atomic E-state index is 12.5. The quantitative estimate of drug-likeness (QED) is 0.357. The molecule has 0 aliphatic carbocycles. The predicted octanol–water partition coefficient (Wildman–Crippen LogP) is 3.18. The van der Waals surface area contributed by atoms with E-state index in [4.69, 9.17) is 9.47 Å². The van der Waals surface area contributed by atoms with Crippen molar-refractivity contribution in [2.75, 3.05) is 14.2 Å². The molecule has 2 aromatic carbocycles. The fourth-order valence-corrected chi connectivity index (χ4v) is 3.78. The Morgan fingerprint density at radius 2 is 1.74 bits per heavy atom. The van der Waals surface area contributed by atoms with Gasteiger partial charge in [0.2, 0.25) is 10.0 Å². The maximum Gasteiger partial charge on any atom is 0.343 e. The van der Waals surface area contributed by atoms with Crippen molar-refractivity contribution in [3.05, 3.63) is 59.7 Å². The van der Waals surface area contributed by atoms with E-state index in [1.807, 2.05) is 6.92 Å². The molecule has 0 aromatic heterocycles. The number of carbonyl (C=O) groups excluding carboxylic acids is 2. The van der Waals surface area contributed by atoms with Gasteiger partial charge in [0.05, 0.1) is 24.7 Å². The summed E-state index contributed by atoms with van der Waals surface area (Å²) in [5.74, 6) is -0.704. The Balaban J connectivity index is 2.16. The van der Waals surface area contributed by atoms with Gasteiger partial charge in [-0.05, 0) is 61.4 Å². The van der Waals surface area contributed by atoms with Crippen LogP contribution in [0.1, 0.15) is 36.2 Å². The number of nitrogens with one attached hydrogen (secondary N) is 1. The van der Waals surface area contributed by atoms with Crippen LogP contribution >= 0.6 is 0 Å². The lowest BCUT2D eigenvalue weighted by molar-refractivity contribution is -0.134. The molecule has 9 heteroatoms. The molecule has 0 heterocycles.